The minimum atomic E-state index is -3.35. The highest BCUT2D eigenvalue weighted by molar-refractivity contribution is 7.91. The van der Waals surface area contributed by atoms with E-state index in [1.54, 1.807) is 30.3 Å². The number of sulfone groups is 1. The summed E-state index contributed by atoms with van der Waals surface area (Å²) in [5, 5.41) is 3.38. The first-order valence-electron chi connectivity index (χ1n) is 8.68. The maximum absolute atomic E-state index is 12.2. The third-order valence-electron chi connectivity index (χ3n) is 4.49. The van der Waals surface area contributed by atoms with Gasteiger partial charge < -0.3 is 5.32 Å². The average molecular weight is 399 g/mol. The van der Waals surface area contributed by atoms with Crippen molar-refractivity contribution in [1.29, 1.82) is 0 Å². The minimum absolute atomic E-state index is 0.0494. The smallest absolute Gasteiger partial charge is 0.226 e. The van der Waals surface area contributed by atoms with Gasteiger partial charge in [-0.05, 0) is 24.1 Å². The number of carbonyl (C=O) groups excluding carboxylic acids is 1. The molecular formula is C20H18N2O3S2. The Morgan fingerprint density at radius 2 is 1.81 bits per heavy atom. The molecule has 138 valence electrons. The van der Waals surface area contributed by atoms with Gasteiger partial charge >= 0.3 is 0 Å². The van der Waals surface area contributed by atoms with E-state index >= 15 is 0 Å². The van der Waals surface area contributed by atoms with Gasteiger partial charge in [0.15, 0.2) is 15.0 Å². The normalized spacial score (nSPS) is 12.4. The first-order chi connectivity index (χ1) is 13.0. The summed E-state index contributed by atoms with van der Waals surface area (Å²) in [5.74, 6) is -0.259. The maximum Gasteiger partial charge on any atom is 0.226 e. The summed E-state index contributed by atoms with van der Waals surface area (Å²) in [5.41, 5.74) is 3.33. The predicted octanol–water partition coefficient (Wildman–Crippen LogP) is 3.91. The third kappa shape index (κ3) is 3.79. The van der Waals surface area contributed by atoms with Crippen LogP contribution >= 0.6 is 11.3 Å². The van der Waals surface area contributed by atoms with Crippen molar-refractivity contribution in [1.82, 2.24) is 4.98 Å². The van der Waals surface area contributed by atoms with Crippen LogP contribution in [-0.2, 0) is 21.1 Å². The molecule has 0 unspecified atom stereocenters. The molecule has 1 aliphatic rings. The van der Waals surface area contributed by atoms with Crippen LogP contribution in [-0.4, -0.2) is 25.1 Å². The molecule has 0 saturated carbocycles. The number of nitrogens with one attached hydrogen (secondary N) is 1. The molecule has 1 heterocycles. The summed E-state index contributed by atoms with van der Waals surface area (Å²) in [7, 11) is -3.35. The highest BCUT2D eigenvalue weighted by Gasteiger charge is 2.23. The molecule has 1 aromatic heterocycles. The van der Waals surface area contributed by atoms with Crippen molar-refractivity contribution in [2.75, 3.05) is 11.1 Å². The van der Waals surface area contributed by atoms with E-state index in [0.29, 0.717) is 10.0 Å². The molecule has 0 atom stereocenters. The highest BCUT2D eigenvalue weighted by atomic mass is 32.2. The zero-order valence-corrected chi connectivity index (χ0v) is 16.1. The van der Waals surface area contributed by atoms with Crippen molar-refractivity contribution in [3.8, 4) is 11.3 Å². The predicted molar refractivity (Wildman–Crippen MR) is 107 cm³/mol. The lowest BCUT2D eigenvalue weighted by Gasteiger charge is -2.05. The average Bonchev–Trinajstić information content (AvgIpc) is 3.19. The number of thiazole rings is 1. The Bertz CT molecular complexity index is 1090. The largest absolute Gasteiger partial charge is 0.302 e. The number of carbonyl (C=O) groups is 1. The first kappa shape index (κ1) is 17.9. The summed E-state index contributed by atoms with van der Waals surface area (Å²) in [6, 6.07) is 16.4. The molecule has 0 bridgehead atoms. The third-order valence-corrected chi connectivity index (χ3v) is 7.27. The van der Waals surface area contributed by atoms with Crippen molar-refractivity contribution in [3.05, 3.63) is 65.0 Å². The maximum atomic E-state index is 12.2. The quantitative estimate of drug-likeness (QED) is 0.534. The Morgan fingerprint density at radius 3 is 2.63 bits per heavy atom. The van der Waals surface area contributed by atoms with Gasteiger partial charge in [0, 0.05) is 23.3 Å². The summed E-state index contributed by atoms with van der Waals surface area (Å²) >= 11 is 1.48. The number of benzene rings is 2. The lowest BCUT2D eigenvalue weighted by Crippen LogP contribution is -2.14. The van der Waals surface area contributed by atoms with E-state index in [1.165, 1.54) is 16.9 Å². The number of fused-ring (bicyclic) bond motifs is 3. The van der Waals surface area contributed by atoms with E-state index in [2.05, 4.69) is 16.4 Å². The molecule has 7 heteroatoms. The van der Waals surface area contributed by atoms with Gasteiger partial charge in [-0.15, -0.1) is 11.3 Å². The van der Waals surface area contributed by atoms with Crippen molar-refractivity contribution < 1.29 is 13.2 Å². The van der Waals surface area contributed by atoms with Crippen molar-refractivity contribution in [2.45, 2.75) is 24.2 Å². The van der Waals surface area contributed by atoms with E-state index in [0.717, 1.165) is 22.6 Å². The molecule has 0 saturated heterocycles. The molecule has 0 fully saturated rings. The van der Waals surface area contributed by atoms with E-state index in [4.69, 9.17) is 0 Å². The fraction of sp³-hybridized carbons (Fsp3) is 0.200. The number of nitrogens with zero attached hydrogens (tertiary/aromatic N) is 1. The fourth-order valence-electron chi connectivity index (χ4n) is 3.16. The van der Waals surface area contributed by atoms with E-state index in [9.17, 15) is 13.2 Å². The molecule has 2 aromatic carbocycles. The Kier molecular flexibility index (Phi) is 4.80. The van der Waals surface area contributed by atoms with Crippen LogP contribution in [0.15, 0.2) is 59.5 Å². The number of anilines is 1. The molecule has 27 heavy (non-hydrogen) atoms. The van der Waals surface area contributed by atoms with Gasteiger partial charge in [-0.1, -0.05) is 42.5 Å². The summed E-state index contributed by atoms with van der Waals surface area (Å²) in [6.45, 7) is 0. The lowest BCUT2D eigenvalue weighted by molar-refractivity contribution is -0.116. The van der Waals surface area contributed by atoms with Crippen LogP contribution in [0.2, 0.25) is 0 Å². The summed E-state index contributed by atoms with van der Waals surface area (Å²) in [4.78, 5) is 18.2. The molecule has 0 aliphatic heterocycles. The number of hydrogen-bond acceptors (Lipinski definition) is 5. The van der Waals surface area contributed by atoms with Gasteiger partial charge in [-0.3, -0.25) is 4.79 Å². The number of amides is 1. The summed E-state index contributed by atoms with van der Waals surface area (Å²) in [6.07, 6.45) is 1.26. The Morgan fingerprint density at radius 1 is 1.07 bits per heavy atom. The fourth-order valence-corrected chi connectivity index (χ4v) is 5.51. The standard InChI is InChI=1S/C20H18N2O3S2/c23-18(11-6-12-27(24,25)15-8-2-1-3-9-15)21-20-22-19-16-10-5-4-7-14(16)13-17(19)26-20/h1-5,7-10H,6,11-13H2,(H,21,22,23). The van der Waals surface area contributed by atoms with Gasteiger partial charge in [0.1, 0.15) is 0 Å². The van der Waals surface area contributed by atoms with E-state index in [-0.39, 0.29) is 24.5 Å². The SMILES string of the molecule is O=C(CCCS(=O)(=O)c1ccccc1)Nc1nc2c(s1)Cc1ccccc1-2. The Labute approximate surface area is 162 Å². The monoisotopic (exact) mass is 398 g/mol. The molecule has 5 nitrogen and oxygen atoms in total. The van der Waals surface area contributed by atoms with E-state index in [1.807, 2.05) is 18.2 Å². The number of aromatic nitrogens is 1. The van der Waals surface area contributed by atoms with Crippen LogP contribution in [0.3, 0.4) is 0 Å². The van der Waals surface area contributed by atoms with Crippen LogP contribution in [0.5, 0.6) is 0 Å². The number of hydrogen-bond donors (Lipinski definition) is 1. The Balaban J connectivity index is 1.34. The zero-order valence-electron chi connectivity index (χ0n) is 14.5. The van der Waals surface area contributed by atoms with Crippen LogP contribution in [0.1, 0.15) is 23.3 Å². The lowest BCUT2D eigenvalue weighted by atomic mass is 10.1. The molecule has 4 rings (SSSR count). The molecular weight excluding hydrogens is 380 g/mol. The van der Waals surface area contributed by atoms with Crippen LogP contribution in [0.25, 0.3) is 11.3 Å². The van der Waals surface area contributed by atoms with Crippen LogP contribution in [0, 0.1) is 0 Å². The van der Waals surface area contributed by atoms with Crippen molar-refractivity contribution in [2.24, 2.45) is 0 Å². The molecule has 1 amide bonds. The molecule has 3 aromatic rings. The second-order valence-corrected chi connectivity index (χ2v) is 9.60. The van der Waals surface area contributed by atoms with Crippen LogP contribution in [0.4, 0.5) is 5.13 Å². The second-order valence-electron chi connectivity index (χ2n) is 6.41. The van der Waals surface area contributed by atoms with Gasteiger partial charge in [-0.25, -0.2) is 13.4 Å². The van der Waals surface area contributed by atoms with Gasteiger partial charge in [0.2, 0.25) is 5.91 Å². The second kappa shape index (κ2) is 7.25. The first-order valence-corrected chi connectivity index (χ1v) is 11.2. The van der Waals surface area contributed by atoms with Crippen molar-refractivity contribution >= 4 is 32.2 Å². The summed E-state index contributed by atoms with van der Waals surface area (Å²) < 4.78 is 24.5. The molecule has 0 spiro atoms. The van der Waals surface area contributed by atoms with Crippen molar-refractivity contribution in [3.63, 3.8) is 0 Å². The topological polar surface area (TPSA) is 76.1 Å². The zero-order chi connectivity index (χ0) is 18.9. The van der Waals surface area contributed by atoms with Gasteiger partial charge in [0.05, 0.1) is 16.3 Å². The Hall–Kier alpha value is -2.51. The molecule has 1 aliphatic carbocycles. The van der Waals surface area contributed by atoms with Gasteiger partial charge in [-0.2, -0.15) is 0 Å². The van der Waals surface area contributed by atoms with E-state index < -0.39 is 9.84 Å². The van der Waals surface area contributed by atoms with Crippen LogP contribution < -0.4 is 5.32 Å². The number of rotatable bonds is 6. The highest BCUT2D eigenvalue weighted by Crippen LogP contribution is 2.40. The molecule has 0 radical (unpaired) electrons. The minimum Gasteiger partial charge on any atom is -0.302 e. The molecule has 1 N–H and O–H groups in total. The van der Waals surface area contributed by atoms with Gasteiger partial charge in [0.25, 0.3) is 0 Å².